The molecule has 19 heavy (non-hydrogen) atoms. The molecular formula is C14H20N4O. The number of nitrogens with one attached hydrogen (secondary N) is 1. The summed E-state index contributed by atoms with van der Waals surface area (Å²) in [6, 6.07) is 1.88. The summed E-state index contributed by atoms with van der Waals surface area (Å²) in [6.07, 6.45) is 0.747. The van der Waals surface area contributed by atoms with Crippen LogP contribution in [-0.2, 0) is 6.42 Å². The van der Waals surface area contributed by atoms with Crippen molar-refractivity contribution >= 4 is 5.91 Å². The summed E-state index contributed by atoms with van der Waals surface area (Å²) >= 11 is 0. The van der Waals surface area contributed by atoms with Gasteiger partial charge in [-0.05, 0) is 31.2 Å². The van der Waals surface area contributed by atoms with Crippen molar-refractivity contribution in [2.45, 2.75) is 20.3 Å². The monoisotopic (exact) mass is 260 g/mol. The lowest BCUT2D eigenvalue weighted by molar-refractivity contribution is 0.0779. The topological polar surface area (TPSA) is 58.1 Å². The summed E-state index contributed by atoms with van der Waals surface area (Å²) in [4.78, 5) is 14.6. The van der Waals surface area contributed by atoms with Gasteiger partial charge in [0.2, 0.25) is 0 Å². The van der Waals surface area contributed by atoms with Crippen LogP contribution in [0, 0.1) is 18.8 Å². The summed E-state index contributed by atoms with van der Waals surface area (Å²) in [7, 11) is 0. The fraction of sp³-hybridized carbons (Fsp3) is 0.643. The highest BCUT2D eigenvalue weighted by Crippen LogP contribution is 2.27. The Kier molecular flexibility index (Phi) is 3.22. The van der Waals surface area contributed by atoms with Gasteiger partial charge in [0.25, 0.3) is 5.91 Å². The predicted molar refractivity (Wildman–Crippen MR) is 71.9 cm³/mol. The third-order valence-corrected chi connectivity index (χ3v) is 4.23. The average molecular weight is 260 g/mol. The highest BCUT2D eigenvalue weighted by atomic mass is 16.2. The summed E-state index contributed by atoms with van der Waals surface area (Å²) in [5, 5.41) is 11.6. The molecule has 3 heterocycles. The first-order valence-corrected chi connectivity index (χ1v) is 7.02. The molecule has 2 saturated heterocycles. The van der Waals surface area contributed by atoms with Crippen molar-refractivity contribution in [3.63, 3.8) is 0 Å². The van der Waals surface area contributed by atoms with E-state index in [0.717, 1.165) is 49.6 Å². The molecule has 0 bridgehead atoms. The number of carbonyl (C=O) groups excluding carboxylic acids is 1. The molecule has 2 atom stereocenters. The molecule has 1 aromatic heterocycles. The standard InChI is InChI=1S/C14H20N4O/c1-3-13-12(4-9(2)16-17-13)14(19)18-7-10-5-15-6-11(10)8-18/h4,10-11,15H,3,5-8H2,1-2H3/t10-,11+. The molecule has 2 aliphatic heterocycles. The number of rotatable bonds is 2. The Morgan fingerprint density at radius 3 is 2.68 bits per heavy atom. The van der Waals surface area contributed by atoms with Gasteiger partial charge in [-0.15, -0.1) is 0 Å². The molecule has 2 fully saturated rings. The highest BCUT2D eigenvalue weighted by molar-refractivity contribution is 5.95. The number of aryl methyl sites for hydroxylation is 2. The minimum Gasteiger partial charge on any atom is -0.338 e. The van der Waals surface area contributed by atoms with Crippen LogP contribution in [0.2, 0.25) is 0 Å². The first kappa shape index (κ1) is 12.5. The molecule has 0 spiro atoms. The van der Waals surface area contributed by atoms with Crippen LogP contribution in [0.25, 0.3) is 0 Å². The van der Waals surface area contributed by atoms with E-state index in [1.54, 1.807) is 0 Å². The first-order chi connectivity index (χ1) is 9.19. The number of carbonyl (C=O) groups is 1. The zero-order chi connectivity index (χ0) is 13.4. The number of amides is 1. The SMILES string of the molecule is CCc1nnc(C)cc1C(=O)N1C[C@H]2CNC[C@H]2C1. The molecule has 1 N–H and O–H groups in total. The van der Waals surface area contributed by atoms with Gasteiger partial charge < -0.3 is 10.2 Å². The van der Waals surface area contributed by atoms with Crippen LogP contribution in [0.1, 0.15) is 28.7 Å². The van der Waals surface area contributed by atoms with E-state index in [9.17, 15) is 4.79 Å². The lowest BCUT2D eigenvalue weighted by atomic mass is 10.0. The van der Waals surface area contributed by atoms with Crippen LogP contribution in [-0.4, -0.2) is 47.2 Å². The van der Waals surface area contributed by atoms with Gasteiger partial charge in [0.05, 0.1) is 17.0 Å². The van der Waals surface area contributed by atoms with Gasteiger partial charge in [-0.2, -0.15) is 10.2 Å². The number of likely N-dealkylation sites (tertiary alicyclic amines) is 1. The largest absolute Gasteiger partial charge is 0.338 e. The van der Waals surface area contributed by atoms with Crippen LogP contribution < -0.4 is 5.32 Å². The average Bonchev–Trinajstić information content (AvgIpc) is 2.98. The van der Waals surface area contributed by atoms with Crippen molar-refractivity contribution in [1.82, 2.24) is 20.4 Å². The highest BCUT2D eigenvalue weighted by Gasteiger charge is 2.38. The van der Waals surface area contributed by atoms with Crippen LogP contribution in [0.15, 0.2) is 6.07 Å². The third kappa shape index (κ3) is 2.23. The maximum atomic E-state index is 12.6. The predicted octanol–water partition coefficient (Wildman–Crippen LogP) is 0.639. The van der Waals surface area contributed by atoms with Crippen molar-refractivity contribution in [2.24, 2.45) is 11.8 Å². The summed E-state index contributed by atoms with van der Waals surface area (Å²) in [5.74, 6) is 1.39. The zero-order valence-corrected chi connectivity index (χ0v) is 11.5. The van der Waals surface area contributed by atoms with Crippen molar-refractivity contribution in [2.75, 3.05) is 26.2 Å². The lowest BCUT2D eigenvalue weighted by Gasteiger charge is -2.18. The number of hydrogen-bond donors (Lipinski definition) is 1. The van der Waals surface area contributed by atoms with E-state index >= 15 is 0 Å². The molecule has 0 aliphatic carbocycles. The van der Waals surface area contributed by atoms with E-state index < -0.39 is 0 Å². The van der Waals surface area contributed by atoms with Gasteiger partial charge in [-0.3, -0.25) is 4.79 Å². The quantitative estimate of drug-likeness (QED) is 0.848. The molecule has 0 saturated carbocycles. The number of hydrogen-bond acceptors (Lipinski definition) is 4. The molecule has 5 heteroatoms. The second-order valence-electron chi connectivity index (χ2n) is 5.59. The molecule has 2 aliphatic rings. The zero-order valence-electron chi connectivity index (χ0n) is 11.5. The second-order valence-corrected chi connectivity index (χ2v) is 5.59. The Labute approximate surface area is 113 Å². The van der Waals surface area contributed by atoms with Crippen molar-refractivity contribution < 1.29 is 4.79 Å². The molecule has 102 valence electrons. The van der Waals surface area contributed by atoms with Crippen LogP contribution in [0.3, 0.4) is 0 Å². The van der Waals surface area contributed by atoms with Crippen LogP contribution in [0.5, 0.6) is 0 Å². The van der Waals surface area contributed by atoms with E-state index in [4.69, 9.17) is 0 Å². The van der Waals surface area contributed by atoms with Crippen molar-refractivity contribution in [1.29, 1.82) is 0 Å². The minimum atomic E-state index is 0.129. The van der Waals surface area contributed by atoms with Gasteiger partial charge in [-0.25, -0.2) is 0 Å². The van der Waals surface area contributed by atoms with E-state index in [1.165, 1.54) is 0 Å². The maximum Gasteiger partial charge on any atom is 0.255 e. The molecule has 0 radical (unpaired) electrons. The molecule has 1 amide bonds. The Balaban J connectivity index is 1.82. The summed E-state index contributed by atoms with van der Waals surface area (Å²) < 4.78 is 0. The molecule has 3 rings (SSSR count). The molecule has 0 aromatic carbocycles. The van der Waals surface area contributed by atoms with E-state index in [1.807, 2.05) is 24.8 Å². The Hall–Kier alpha value is -1.49. The van der Waals surface area contributed by atoms with E-state index in [2.05, 4.69) is 15.5 Å². The molecule has 5 nitrogen and oxygen atoms in total. The third-order valence-electron chi connectivity index (χ3n) is 4.23. The van der Waals surface area contributed by atoms with E-state index in [0.29, 0.717) is 11.8 Å². The molecule has 1 aromatic rings. The Morgan fingerprint density at radius 2 is 2.05 bits per heavy atom. The second kappa shape index (κ2) is 4.89. The van der Waals surface area contributed by atoms with Crippen LogP contribution in [0.4, 0.5) is 0 Å². The van der Waals surface area contributed by atoms with Crippen molar-refractivity contribution in [3.8, 4) is 0 Å². The number of nitrogens with zero attached hydrogens (tertiary/aromatic N) is 3. The normalized spacial score (nSPS) is 25.7. The first-order valence-electron chi connectivity index (χ1n) is 7.02. The molecule has 0 unspecified atom stereocenters. The van der Waals surface area contributed by atoms with Crippen molar-refractivity contribution in [3.05, 3.63) is 23.0 Å². The number of aromatic nitrogens is 2. The van der Waals surface area contributed by atoms with Gasteiger partial charge in [0, 0.05) is 26.2 Å². The fourth-order valence-corrected chi connectivity index (χ4v) is 3.15. The smallest absolute Gasteiger partial charge is 0.255 e. The Bertz CT molecular complexity index is 490. The van der Waals surface area contributed by atoms with Gasteiger partial charge in [0.15, 0.2) is 0 Å². The Morgan fingerprint density at radius 1 is 1.37 bits per heavy atom. The lowest BCUT2D eigenvalue weighted by Crippen LogP contribution is -2.32. The maximum absolute atomic E-state index is 12.6. The van der Waals surface area contributed by atoms with Gasteiger partial charge >= 0.3 is 0 Å². The van der Waals surface area contributed by atoms with E-state index in [-0.39, 0.29) is 5.91 Å². The summed E-state index contributed by atoms with van der Waals surface area (Å²) in [6.45, 7) is 7.73. The molecular weight excluding hydrogens is 240 g/mol. The summed E-state index contributed by atoms with van der Waals surface area (Å²) in [5.41, 5.74) is 2.36. The van der Waals surface area contributed by atoms with Gasteiger partial charge in [0.1, 0.15) is 0 Å². The van der Waals surface area contributed by atoms with Gasteiger partial charge in [-0.1, -0.05) is 6.92 Å². The number of fused-ring (bicyclic) bond motifs is 1. The fourth-order valence-electron chi connectivity index (χ4n) is 3.15. The minimum absolute atomic E-state index is 0.129. The van der Waals surface area contributed by atoms with Crippen LogP contribution >= 0.6 is 0 Å².